The van der Waals surface area contributed by atoms with Crippen molar-refractivity contribution < 1.29 is 9.59 Å². The Morgan fingerprint density at radius 2 is 1.71 bits per heavy atom. The molecule has 1 fully saturated rings. The Hall–Kier alpha value is -3.02. The predicted molar refractivity (Wildman–Crippen MR) is 94.2 cm³/mol. The van der Waals surface area contributed by atoms with Crippen LogP contribution in [-0.2, 0) is 4.79 Å². The molecule has 6 nitrogen and oxygen atoms in total. The first-order chi connectivity index (χ1) is 11.4. The van der Waals surface area contributed by atoms with Crippen LogP contribution in [0.3, 0.4) is 0 Å². The summed E-state index contributed by atoms with van der Waals surface area (Å²) in [5.74, 6) is -0.403. The highest BCUT2D eigenvalue weighted by atomic mass is 16.2. The number of nitrogens with zero attached hydrogens (tertiary/aromatic N) is 2. The topological polar surface area (TPSA) is 66.4 Å². The van der Waals surface area contributed by atoms with Gasteiger partial charge in [0.1, 0.15) is 5.70 Å². The molecule has 2 N–H and O–H groups in total. The monoisotopic (exact) mass is 324 g/mol. The van der Waals surface area contributed by atoms with Crippen LogP contribution in [0, 0.1) is 13.8 Å². The summed E-state index contributed by atoms with van der Waals surface area (Å²) in [5.41, 5.74) is 5.42. The molecular weight excluding hydrogens is 304 g/mol. The van der Waals surface area contributed by atoms with E-state index in [1.54, 1.807) is 6.08 Å². The minimum absolute atomic E-state index is 0.267. The fourth-order valence-corrected chi connectivity index (χ4v) is 2.87. The number of carbonyl (C=O) groups is 2. The number of carbonyl (C=O) groups excluding carboxylic acids is 2. The molecule has 0 unspecified atom stereocenters. The Morgan fingerprint density at radius 1 is 1.04 bits per heavy atom. The molecule has 1 aliphatic rings. The largest absolute Gasteiger partial charge is 0.378 e. The van der Waals surface area contributed by atoms with E-state index in [1.807, 2.05) is 34.0 Å². The lowest BCUT2D eigenvalue weighted by atomic mass is 10.2. The summed E-state index contributed by atoms with van der Waals surface area (Å²) in [6.07, 6.45) is 1.70. The summed E-state index contributed by atoms with van der Waals surface area (Å²) in [4.78, 5) is 25.0. The summed E-state index contributed by atoms with van der Waals surface area (Å²) >= 11 is 0. The lowest BCUT2D eigenvalue weighted by molar-refractivity contribution is -0.115. The molecular formula is C18H20N4O2. The smallest absolute Gasteiger partial charge is 0.326 e. The van der Waals surface area contributed by atoms with E-state index in [4.69, 9.17) is 0 Å². The van der Waals surface area contributed by atoms with Gasteiger partial charge in [0.25, 0.3) is 5.91 Å². The molecule has 0 atom stereocenters. The van der Waals surface area contributed by atoms with Gasteiger partial charge in [-0.05, 0) is 55.8 Å². The number of aromatic nitrogens is 1. The number of imide groups is 1. The van der Waals surface area contributed by atoms with Gasteiger partial charge in [0.05, 0.1) is 0 Å². The number of aryl methyl sites for hydroxylation is 1. The van der Waals surface area contributed by atoms with Crippen LogP contribution in [0.4, 0.5) is 10.5 Å². The van der Waals surface area contributed by atoms with E-state index in [0.717, 1.165) is 28.3 Å². The van der Waals surface area contributed by atoms with Crippen molar-refractivity contribution >= 4 is 23.7 Å². The number of amides is 3. The molecule has 1 aromatic carbocycles. The van der Waals surface area contributed by atoms with Gasteiger partial charge in [-0.2, -0.15) is 0 Å². The summed E-state index contributed by atoms with van der Waals surface area (Å²) in [6, 6.07) is 9.78. The molecule has 2 aromatic rings. The third-order valence-corrected chi connectivity index (χ3v) is 4.11. The number of hydrogen-bond donors (Lipinski definition) is 2. The highest BCUT2D eigenvalue weighted by molar-refractivity contribution is 6.14. The minimum Gasteiger partial charge on any atom is -0.378 e. The Balaban J connectivity index is 1.99. The molecule has 2 heterocycles. The zero-order valence-electron chi connectivity index (χ0n) is 14.2. The molecule has 24 heavy (non-hydrogen) atoms. The van der Waals surface area contributed by atoms with Crippen LogP contribution in [0.2, 0.25) is 0 Å². The van der Waals surface area contributed by atoms with E-state index in [-0.39, 0.29) is 5.70 Å². The molecule has 3 amide bonds. The second-order valence-corrected chi connectivity index (χ2v) is 6.04. The maximum atomic E-state index is 11.7. The van der Waals surface area contributed by atoms with E-state index in [2.05, 4.69) is 44.4 Å². The number of nitrogens with one attached hydrogen (secondary N) is 2. The van der Waals surface area contributed by atoms with Crippen molar-refractivity contribution in [1.29, 1.82) is 0 Å². The van der Waals surface area contributed by atoms with Crippen molar-refractivity contribution in [2.24, 2.45) is 0 Å². The SMILES string of the molecule is Cc1cc(/C=C2/NC(=O)NC2=O)c(C)n1-c1ccc(N(C)C)cc1. The van der Waals surface area contributed by atoms with Crippen molar-refractivity contribution in [3.8, 4) is 5.69 Å². The number of urea groups is 1. The maximum absolute atomic E-state index is 11.7. The normalized spacial score (nSPS) is 15.6. The lowest BCUT2D eigenvalue weighted by Gasteiger charge is -2.14. The van der Waals surface area contributed by atoms with Gasteiger partial charge in [0, 0.05) is 36.9 Å². The highest BCUT2D eigenvalue weighted by Crippen LogP contribution is 2.24. The van der Waals surface area contributed by atoms with E-state index in [1.165, 1.54) is 0 Å². The van der Waals surface area contributed by atoms with Gasteiger partial charge in [-0.1, -0.05) is 0 Å². The van der Waals surface area contributed by atoms with Gasteiger partial charge in [0.2, 0.25) is 0 Å². The van der Waals surface area contributed by atoms with Crippen LogP contribution < -0.4 is 15.5 Å². The molecule has 1 saturated heterocycles. The number of rotatable bonds is 3. The fourth-order valence-electron chi connectivity index (χ4n) is 2.87. The van der Waals surface area contributed by atoms with Gasteiger partial charge in [-0.15, -0.1) is 0 Å². The highest BCUT2D eigenvalue weighted by Gasteiger charge is 2.23. The number of anilines is 1. The van der Waals surface area contributed by atoms with Crippen LogP contribution in [0.5, 0.6) is 0 Å². The Morgan fingerprint density at radius 3 is 2.25 bits per heavy atom. The molecule has 0 saturated carbocycles. The van der Waals surface area contributed by atoms with Crippen molar-refractivity contribution in [2.75, 3.05) is 19.0 Å². The van der Waals surface area contributed by atoms with Crippen molar-refractivity contribution in [3.05, 3.63) is 53.0 Å². The zero-order chi connectivity index (χ0) is 17.4. The molecule has 0 radical (unpaired) electrons. The fraction of sp³-hybridized carbons (Fsp3) is 0.222. The molecule has 1 aliphatic heterocycles. The molecule has 124 valence electrons. The van der Waals surface area contributed by atoms with Gasteiger partial charge in [0.15, 0.2) is 0 Å². The number of benzene rings is 1. The standard InChI is InChI=1S/C18H20N4O2/c1-11-9-13(10-16-17(23)20-18(24)19-16)12(2)22(11)15-7-5-14(6-8-15)21(3)4/h5-10H,1-4H3,(H2,19,20,23,24)/b16-10+. The molecule has 0 spiro atoms. The quantitative estimate of drug-likeness (QED) is 0.673. The predicted octanol–water partition coefficient (Wildman–Crippen LogP) is 2.34. The number of hydrogen-bond acceptors (Lipinski definition) is 3. The van der Waals surface area contributed by atoms with E-state index in [0.29, 0.717) is 0 Å². The van der Waals surface area contributed by atoms with Crippen molar-refractivity contribution in [1.82, 2.24) is 15.2 Å². The summed E-state index contributed by atoms with van der Waals surface area (Å²) in [6.45, 7) is 4.01. The molecule has 6 heteroatoms. The molecule has 1 aromatic heterocycles. The average molecular weight is 324 g/mol. The van der Waals surface area contributed by atoms with E-state index >= 15 is 0 Å². The van der Waals surface area contributed by atoms with Crippen LogP contribution >= 0.6 is 0 Å². The Labute approximate surface area is 140 Å². The third kappa shape index (κ3) is 2.78. The van der Waals surface area contributed by atoms with E-state index in [9.17, 15) is 9.59 Å². The second kappa shape index (κ2) is 5.88. The van der Waals surface area contributed by atoms with E-state index < -0.39 is 11.9 Å². The second-order valence-electron chi connectivity index (χ2n) is 6.04. The third-order valence-electron chi connectivity index (χ3n) is 4.11. The Kier molecular flexibility index (Phi) is 3.89. The van der Waals surface area contributed by atoms with Gasteiger partial charge in [-0.3, -0.25) is 10.1 Å². The minimum atomic E-state index is -0.487. The summed E-state index contributed by atoms with van der Waals surface area (Å²) < 4.78 is 2.13. The maximum Gasteiger partial charge on any atom is 0.326 e. The van der Waals surface area contributed by atoms with Crippen LogP contribution in [0.1, 0.15) is 17.0 Å². The zero-order valence-corrected chi connectivity index (χ0v) is 14.2. The summed E-state index contributed by atoms with van der Waals surface area (Å²) in [7, 11) is 4.01. The average Bonchev–Trinajstić information content (AvgIpc) is 2.98. The molecule has 3 rings (SSSR count). The first kappa shape index (κ1) is 15.9. The molecule has 0 bridgehead atoms. The van der Waals surface area contributed by atoms with Crippen LogP contribution in [0.25, 0.3) is 11.8 Å². The first-order valence-electron chi connectivity index (χ1n) is 7.67. The van der Waals surface area contributed by atoms with Crippen LogP contribution in [-0.4, -0.2) is 30.6 Å². The van der Waals surface area contributed by atoms with Gasteiger partial charge >= 0.3 is 6.03 Å². The van der Waals surface area contributed by atoms with Gasteiger partial charge in [-0.25, -0.2) is 4.79 Å². The summed E-state index contributed by atoms with van der Waals surface area (Å²) in [5, 5.41) is 4.72. The van der Waals surface area contributed by atoms with Crippen molar-refractivity contribution in [3.63, 3.8) is 0 Å². The lowest BCUT2D eigenvalue weighted by Crippen LogP contribution is -2.22. The van der Waals surface area contributed by atoms with Crippen molar-refractivity contribution in [2.45, 2.75) is 13.8 Å². The molecule has 0 aliphatic carbocycles. The Bertz CT molecular complexity index is 845. The van der Waals surface area contributed by atoms with Gasteiger partial charge < -0.3 is 14.8 Å². The first-order valence-corrected chi connectivity index (χ1v) is 7.67. The van der Waals surface area contributed by atoms with Crippen LogP contribution in [0.15, 0.2) is 36.0 Å².